The Morgan fingerprint density at radius 1 is 1.12 bits per heavy atom. The summed E-state index contributed by atoms with van der Waals surface area (Å²) in [6.07, 6.45) is 7.82. The van der Waals surface area contributed by atoms with Crippen molar-refractivity contribution in [1.82, 2.24) is 34.2 Å². The van der Waals surface area contributed by atoms with Gasteiger partial charge in [0.2, 0.25) is 0 Å². The number of methoxy groups -OCH3 is 1. The predicted molar refractivity (Wildman–Crippen MR) is 124 cm³/mol. The van der Waals surface area contributed by atoms with Crippen LogP contribution in [-0.2, 0) is 11.3 Å². The van der Waals surface area contributed by atoms with Gasteiger partial charge in [-0.3, -0.25) is 4.68 Å². The van der Waals surface area contributed by atoms with Crippen LogP contribution in [0.2, 0.25) is 0 Å². The average molecular weight is 433 g/mol. The molecule has 0 aliphatic carbocycles. The number of benzene rings is 1. The van der Waals surface area contributed by atoms with E-state index in [4.69, 9.17) is 20.4 Å². The minimum absolute atomic E-state index is 0.352. The van der Waals surface area contributed by atoms with Gasteiger partial charge in [-0.15, -0.1) is 0 Å². The Hall–Kier alpha value is -3.30. The Balaban J connectivity index is 1.52. The first-order chi connectivity index (χ1) is 15.6. The zero-order valence-electron chi connectivity index (χ0n) is 18.5. The van der Waals surface area contributed by atoms with E-state index < -0.39 is 0 Å². The summed E-state index contributed by atoms with van der Waals surface area (Å²) in [7, 11) is 3.85. The highest BCUT2D eigenvalue weighted by molar-refractivity contribution is 5.82. The van der Waals surface area contributed by atoms with Crippen LogP contribution < -0.4 is 5.73 Å². The number of fused-ring (bicyclic) bond motifs is 1. The third-order valence-corrected chi connectivity index (χ3v) is 6.15. The van der Waals surface area contributed by atoms with Crippen molar-refractivity contribution in [2.24, 2.45) is 0 Å². The molecule has 1 fully saturated rings. The fourth-order valence-corrected chi connectivity index (χ4v) is 4.30. The summed E-state index contributed by atoms with van der Waals surface area (Å²) in [5.41, 5.74) is 10.4. The zero-order chi connectivity index (χ0) is 22.1. The van der Waals surface area contributed by atoms with Crippen LogP contribution in [0.1, 0.15) is 18.9 Å². The standard InChI is InChI=1S/C23H28N8O/c1-29-9-7-17(8-10-29)31-15-16(13-26-31)19-14-25-22(24)21(27-19)23-28-18-5-3-4-6-20(18)30(23)11-12-32-2/h3-6,13-15,17H,7-12H2,1-2H3,(H2,24,25). The van der Waals surface area contributed by atoms with Gasteiger partial charge in [0.05, 0.1) is 41.8 Å². The molecule has 0 unspecified atom stereocenters. The number of anilines is 1. The van der Waals surface area contributed by atoms with Crippen molar-refractivity contribution < 1.29 is 4.74 Å². The van der Waals surface area contributed by atoms with E-state index in [1.54, 1.807) is 13.3 Å². The van der Waals surface area contributed by atoms with Gasteiger partial charge in [0, 0.05) is 25.4 Å². The smallest absolute Gasteiger partial charge is 0.163 e. The molecule has 9 nitrogen and oxygen atoms in total. The lowest BCUT2D eigenvalue weighted by Gasteiger charge is -2.28. The summed E-state index contributed by atoms with van der Waals surface area (Å²) in [6, 6.07) is 8.42. The molecule has 0 bridgehead atoms. The number of piperidine rings is 1. The topological polar surface area (TPSA) is 99.9 Å². The molecule has 0 atom stereocenters. The van der Waals surface area contributed by atoms with Gasteiger partial charge in [0.15, 0.2) is 11.6 Å². The molecular weight excluding hydrogens is 404 g/mol. The summed E-state index contributed by atoms with van der Waals surface area (Å²) in [5, 5.41) is 4.62. The van der Waals surface area contributed by atoms with Gasteiger partial charge in [0.1, 0.15) is 5.69 Å². The summed E-state index contributed by atoms with van der Waals surface area (Å²) >= 11 is 0. The molecular formula is C23H28N8O. The SMILES string of the molecule is COCCn1c(-c2nc(-c3cnn(C4CCN(C)CC4)c3)cnc2N)nc2ccccc21. The molecule has 1 aliphatic rings. The molecule has 0 saturated carbocycles. The van der Waals surface area contributed by atoms with E-state index in [-0.39, 0.29) is 0 Å². The van der Waals surface area contributed by atoms with Crippen molar-refractivity contribution in [2.45, 2.75) is 25.4 Å². The maximum atomic E-state index is 6.27. The molecule has 166 valence electrons. The number of nitrogens with zero attached hydrogens (tertiary/aromatic N) is 7. The largest absolute Gasteiger partial charge is 0.383 e. The number of nitrogens with two attached hydrogens (primary N) is 1. The second-order valence-corrected chi connectivity index (χ2v) is 8.30. The molecule has 0 radical (unpaired) electrons. The first kappa shape index (κ1) is 20.6. The van der Waals surface area contributed by atoms with Gasteiger partial charge in [-0.2, -0.15) is 5.10 Å². The van der Waals surface area contributed by atoms with Crippen LogP contribution in [0.4, 0.5) is 5.82 Å². The van der Waals surface area contributed by atoms with Crippen LogP contribution in [0, 0.1) is 0 Å². The number of likely N-dealkylation sites (tertiary alicyclic amines) is 1. The van der Waals surface area contributed by atoms with E-state index >= 15 is 0 Å². The molecule has 32 heavy (non-hydrogen) atoms. The van der Waals surface area contributed by atoms with Crippen LogP contribution in [-0.4, -0.2) is 68.1 Å². The lowest BCUT2D eigenvalue weighted by molar-refractivity contribution is 0.188. The summed E-state index contributed by atoms with van der Waals surface area (Å²) in [5.74, 6) is 1.04. The Bertz CT molecular complexity index is 1220. The minimum atomic E-state index is 0.352. The van der Waals surface area contributed by atoms with Crippen LogP contribution in [0.5, 0.6) is 0 Å². The van der Waals surface area contributed by atoms with E-state index in [0.717, 1.165) is 48.2 Å². The quantitative estimate of drug-likeness (QED) is 0.500. The third-order valence-electron chi connectivity index (χ3n) is 6.15. The van der Waals surface area contributed by atoms with Crippen molar-refractivity contribution in [2.75, 3.05) is 39.6 Å². The van der Waals surface area contributed by atoms with Gasteiger partial charge in [0.25, 0.3) is 0 Å². The Morgan fingerprint density at radius 3 is 2.75 bits per heavy atom. The van der Waals surface area contributed by atoms with Crippen LogP contribution in [0.25, 0.3) is 33.8 Å². The van der Waals surface area contributed by atoms with E-state index in [1.807, 2.05) is 30.5 Å². The lowest BCUT2D eigenvalue weighted by Crippen LogP contribution is -2.31. The summed E-state index contributed by atoms with van der Waals surface area (Å²) in [4.78, 5) is 16.5. The highest BCUT2D eigenvalue weighted by atomic mass is 16.5. The van der Waals surface area contributed by atoms with E-state index in [2.05, 4.69) is 37.5 Å². The van der Waals surface area contributed by atoms with Gasteiger partial charge in [-0.05, 0) is 45.1 Å². The molecule has 4 heterocycles. The molecule has 1 aromatic carbocycles. The third kappa shape index (κ3) is 3.85. The maximum absolute atomic E-state index is 6.27. The van der Waals surface area contributed by atoms with Crippen molar-refractivity contribution in [3.05, 3.63) is 42.9 Å². The van der Waals surface area contributed by atoms with Gasteiger partial charge in [-0.25, -0.2) is 15.0 Å². The predicted octanol–water partition coefficient (Wildman–Crippen LogP) is 2.85. The van der Waals surface area contributed by atoms with E-state index in [1.165, 1.54) is 0 Å². The molecule has 1 aliphatic heterocycles. The van der Waals surface area contributed by atoms with Crippen molar-refractivity contribution in [1.29, 1.82) is 0 Å². The normalized spacial score (nSPS) is 15.6. The summed E-state index contributed by atoms with van der Waals surface area (Å²) < 4.78 is 9.47. The second-order valence-electron chi connectivity index (χ2n) is 8.30. The molecule has 4 aromatic rings. The number of rotatable bonds is 6. The number of hydrogen-bond donors (Lipinski definition) is 1. The number of nitrogen functional groups attached to an aromatic ring is 1. The monoisotopic (exact) mass is 432 g/mol. The number of ether oxygens (including phenoxy) is 1. The van der Waals surface area contributed by atoms with Crippen LogP contribution >= 0.6 is 0 Å². The van der Waals surface area contributed by atoms with Crippen LogP contribution in [0.15, 0.2) is 42.9 Å². The molecule has 1 saturated heterocycles. The molecule has 0 amide bonds. The minimum Gasteiger partial charge on any atom is -0.383 e. The fourth-order valence-electron chi connectivity index (χ4n) is 4.30. The van der Waals surface area contributed by atoms with Gasteiger partial charge in [-0.1, -0.05) is 12.1 Å². The summed E-state index contributed by atoms with van der Waals surface area (Å²) in [6.45, 7) is 3.38. The van der Waals surface area contributed by atoms with Gasteiger partial charge >= 0.3 is 0 Å². The Kier molecular flexibility index (Phi) is 5.59. The lowest BCUT2D eigenvalue weighted by atomic mass is 10.1. The molecule has 2 N–H and O–H groups in total. The van der Waals surface area contributed by atoms with Crippen LogP contribution in [0.3, 0.4) is 0 Å². The highest BCUT2D eigenvalue weighted by Crippen LogP contribution is 2.29. The fraction of sp³-hybridized carbons (Fsp3) is 0.391. The molecule has 9 heteroatoms. The number of hydrogen-bond acceptors (Lipinski definition) is 7. The number of para-hydroxylation sites is 2. The highest BCUT2D eigenvalue weighted by Gasteiger charge is 2.21. The maximum Gasteiger partial charge on any atom is 0.163 e. The number of imidazole rings is 1. The van der Waals surface area contributed by atoms with E-state index in [0.29, 0.717) is 36.5 Å². The second kappa shape index (κ2) is 8.68. The number of aromatic nitrogens is 6. The zero-order valence-corrected chi connectivity index (χ0v) is 18.5. The van der Waals surface area contributed by atoms with Crippen molar-refractivity contribution in [3.63, 3.8) is 0 Å². The molecule has 0 spiro atoms. The molecule has 5 rings (SSSR count). The van der Waals surface area contributed by atoms with E-state index in [9.17, 15) is 0 Å². The molecule has 3 aromatic heterocycles. The van der Waals surface area contributed by atoms with Crippen molar-refractivity contribution >= 4 is 16.9 Å². The van der Waals surface area contributed by atoms with Crippen molar-refractivity contribution in [3.8, 4) is 22.8 Å². The Morgan fingerprint density at radius 2 is 1.94 bits per heavy atom. The first-order valence-electron chi connectivity index (χ1n) is 10.9. The average Bonchev–Trinajstić information content (AvgIpc) is 3.44. The Labute approximate surface area is 186 Å². The van der Waals surface area contributed by atoms with Gasteiger partial charge < -0.3 is 19.9 Å². The first-order valence-corrected chi connectivity index (χ1v) is 10.9.